The first-order chi connectivity index (χ1) is 10.1. The standard InChI is InChI=1S/C17H19BrClNO/c1-4-20-17(13-10-12(19)6-7-15(13)18)14-9-11(2)5-8-16(14)21-3/h5-10,17,20H,4H2,1-3H3. The van der Waals surface area contributed by atoms with Crippen LogP contribution in [0.5, 0.6) is 5.75 Å². The number of methoxy groups -OCH3 is 1. The highest BCUT2D eigenvalue weighted by molar-refractivity contribution is 9.10. The lowest BCUT2D eigenvalue weighted by atomic mass is 9.96. The summed E-state index contributed by atoms with van der Waals surface area (Å²) in [7, 11) is 1.70. The number of halogens is 2. The summed E-state index contributed by atoms with van der Waals surface area (Å²) in [6.45, 7) is 5.02. The van der Waals surface area contributed by atoms with Gasteiger partial charge in [-0.1, -0.05) is 52.2 Å². The molecule has 21 heavy (non-hydrogen) atoms. The van der Waals surface area contributed by atoms with Gasteiger partial charge in [0.1, 0.15) is 5.75 Å². The van der Waals surface area contributed by atoms with Crippen LogP contribution in [0.4, 0.5) is 0 Å². The lowest BCUT2D eigenvalue weighted by Crippen LogP contribution is -2.23. The molecular weight excluding hydrogens is 350 g/mol. The molecule has 112 valence electrons. The predicted molar refractivity (Wildman–Crippen MR) is 92.4 cm³/mol. The van der Waals surface area contributed by atoms with Crippen molar-refractivity contribution < 1.29 is 4.74 Å². The summed E-state index contributed by atoms with van der Waals surface area (Å²) in [5, 5.41) is 4.24. The van der Waals surface area contributed by atoms with Crippen LogP contribution in [0.3, 0.4) is 0 Å². The molecule has 0 fully saturated rings. The third kappa shape index (κ3) is 3.79. The molecule has 0 aliphatic carbocycles. The second kappa shape index (κ2) is 7.30. The van der Waals surface area contributed by atoms with E-state index in [0.717, 1.165) is 32.9 Å². The molecule has 0 bridgehead atoms. The molecule has 0 spiro atoms. The fourth-order valence-corrected chi connectivity index (χ4v) is 3.06. The van der Waals surface area contributed by atoms with E-state index in [1.807, 2.05) is 24.3 Å². The molecule has 4 heteroatoms. The molecule has 0 saturated heterocycles. The first-order valence-electron chi connectivity index (χ1n) is 6.89. The Hall–Kier alpha value is -1.03. The van der Waals surface area contributed by atoms with Crippen molar-refractivity contribution in [3.8, 4) is 5.75 Å². The van der Waals surface area contributed by atoms with Gasteiger partial charge < -0.3 is 10.1 Å². The minimum absolute atomic E-state index is 0.0259. The van der Waals surface area contributed by atoms with Crippen molar-refractivity contribution in [2.24, 2.45) is 0 Å². The summed E-state index contributed by atoms with van der Waals surface area (Å²) in [6.07, 6.45) is 0. The molecule has 0 radical (unpaired) electrons. The molecule has 0 aliphatic rings. The first kappa shape index (κ1) is 16.3. The Kier molecular flexibility index (Phi) is 5.68. The molecule has 2 rings (SSSR count). The van der Waals surface area contributed by atoms with E-state index in [1.165, 1.54) is 5.56 Å². The molecule has 0 heterocycles. The monoisotopic (exact) mass is 367 g/mol. The Morgan fingerprint density at radius 2 is 1.95 bits per heavy atom. The van der Waals surface area contributed by atoms with Crippen LogP contribution in [0.1, 0.15) is 29.7 Å². The summed E-state index contributed by atoms with van der Waals surface area (Å²) in [6, 6.07) is 12.1. The number of aryl methyl sites for hydroxylation is 1. The molecule has 1 atom stereocenters. The zero-order valence-electron chi connectivity index (χ0n) is 12.4. The van der Waals surface area contributed by atoms with Crippen LogP contribution in [-0.4, -0.2) is 13.7 Å². The quantitative estimate of drug-likeness (QED) is 0.791. The minimum atomic E-state index is 0.0259. The van der Waals surface area contributed by atoms with Gasteiger partial charge in [-0.05, 0) is 43.3 Å². The smallest absolute Gasteiger partial charge is 0.124 e. The third-order valence-electron chi connectivity index (χ3n) is 3.37. The lowest BCUT2D eigenvalue weighted by molar-refractivity contribution is 0.404. The Bertz CT molecular complexity index is 630. The molecule has 1 N–H and O–H groups in total. The Labute approximate surface area is 139 Å². The molecule has 0 aromatic heterocycles. The lowest BCUT2D eigenvalue weighted by Gasteiger charge is -2.23. The van der Waals surface area contributed by atoms with E-state index in [2.05, 4.69) is 47.2 Å². The second-order valence-electron chi connectivity index (χ2n) is 4.90. The van der Waals surface area contributed by atoms with E-state index in [4.69, 9.17) is 16.3 Å². The Morgan fingerprint density at radius 1 is 1.19 bits per heavy atom. The van der Waals surface area contributed by atoms with Crippen LogP contribution in [0.2, 0.25) is 5.02 Å². The normalized spacial score (nSPS) is 12.2. The number of hydrogen-bond acceptors (Lipinski definition) is 2. The first-order valence-corrected chi connectivity index (χ1v) is 8.06. The third-order valence-corrected chi connectivity index (χ3v) is 4.33. The van der Waals surface area contributed by atoms with Crippen molar-refractivity contribution in [1.29, 1.82) is 0 Å². The van der Waals surface area contributed by atoms with E-state index in [9.17, 15) is 0 Å². The van der Waals surface area contributed by atoms with Gasteiger partial charge in [0.15, 0.2) is 0 Å². The summed E-state index contributed by atoms with van der Waals surface area (Å²) in [5.41, 5.74) is 3.42. The highest BCUT2D eigenvalue weighted by atomic mass is 79.9. The number of benzene rings is 2. The topological polar surface area (TPSA) is 21.3 Å². The molecule has 0 amide bonds. The largest absolute Gasteiger partial charge is 0.496 e. The molecule has 2 nitrogen and oxygen atoms in total. The molecule has 2 aromatic carbocycles. The van der Waals surface area contributed by atoms with Crippen molar-refractivity contribution >= 4 is 27.5 Å². The Balaban J connectivity index is 2.58. The molecule has 1 unspecified atom stereocenters. The van der Waals surface area contributed by atoms with E-state index < -0.39 is 0 Å². The fraction of sp³-hybridized carbons (Fsp3) is 0.294. The van der Waals surface area contributed by atoms with Crippen molar-refractivity contribution in [2.75, 3.05) is 13.7 Å². The van der Waals surface area contributed by atoms with Gasteiger partial charge in [-0.3, -0.25) is 0 Å². The molecule has 2 aromatic rings. The summed E-state index contributed by atoms with van der Waals surface area (Å²) in [4.78, 5) is 0. The van der Waals surface area contributed by atoms with Gasteiger partial charge >= 0.3 is 0 Å². The fourth-order valence-electron chi connectivity index (χ4n) is 2.41. The van der Waals surface area contributed by atoms with Crippen LogP contribution in [-0.2, 0) is 0 Å². The van der Waals surface area contributed by atoms with E-state index >= 15 is 0 Å². The van der Waals surface area contributed by atoms with Crippen molar-refractivity contribution in [3.05, 3.63) is 62.6 Å². The van der Waals surface area contributed by atoms with Gasteiger partial charge in [-0.15, -0.1) is 0 Å². The number of ether oxygens (including phenoxy) is 1. The van der Waals surface area contributed by atoms with Crippen molar-refractivity contribution in [2.45, 2.75) is 19.9 Å². The highest BCUT2D eigenvalue weighted by Crippen LogP contribution is 2.35. The van der Waals surface area contributed by atoms with Gasteiger partial charge in [-0.25, -0.2) is 0 Å². The van der Waals surface area contributed by atoms with Gasteiger partial charge in [0, 0.05) is 15.1 Å². The summed E-state index contributed by atoms with van der Waals surface area (Å²) < 4.78 is 6.56. The van der Waals surface area contributed by atoms with Gasteiger partial charge in [0.05, 0.1) is 13.2 Å². The van der Waals surface area contributed by atoms with E-state index in [0.29, 0.717) is 0 Å². The summed E-state index contributed by atoms with van der Waals surface area (Å²) >= 11 is 9.80. The number of hydrogen-bond donors (Lipinski definition) is 1. The SMILES string of the molecule is CCNC(c1cc(Cl)ccc1Br)c1cc(C)ccc1OC. The van der Waals surface area contributed by atoms with Gasteiger partial charge in [0.2, 0.25) is 0 Å². The van der Waals surface area contributed by atoms with Gasteiger partial charge in [-0.2, -0.15) is 0 Å². The molecule has 0 aliphatic heterocycles. The second-order valence-corrected chi connectivity index (χ2v) is 6.19. The van der Waals surface area contributed by atoms with Crippen LogP contribution in [0.25, 0.3) is 0 Å². The van der Waals surface area contributed by atoms with Crippen LogP contribution >= 0.6 is 27.5 Å². The average molecular weight is 369 g/mol. The average Bonchev–Trinajstić information content (AvgIpc) is 2.47. The number of rotatable bonds is 5. The van der Waals surface area contributed by atoms with Crippen LogP contribution in [0, 0.1) is 6.92 Å². The van der Waals surface area contributed by atoms with E-state index in [1.54, 1.807) is 7.11 Å². The highest BCUT2D eigenvalue weighted by Gasteiger charge is 2.20. The number of nitrogens with one attached hydrogen (secondary N) is 1. The van der Waals surface area contributed by atoms with Crippen molar-refractivity contribution in [1.82, 2.24) is 5.32 Å². The zero-order chi connectivity index (χ0) is 15.4. The van der Waals surface area contributed by atoms with Crippen molar-refractivity contribution in [3.63, 3.8) is 0 Å². The zero-order valence-corrected chi connectivity index (χ0v) is 14.8. The van der Waals surface area contributed by atoms with Gasteiger partial charge in [0.25, 0.3) is 0 Å². The maximum atomic E-state index is 6.17. The van der Waals surface area contributed by atoms with Crippen LogP contribution in [0.15, 0.2) is 40.9 Å². The maximum absolute atomic E-state index is 6.17. The predicted octanol–water partition coefficient (Wildman–Crippen LogP) is 5.12. The Morgan fingerprint density at radius 3 is 2.62 bits per heavy atom. The molecular formula is C17H19BrClNO. The van der Waals surface area contributed by atoms with Crippen LogP contribution < -0.4 is 10.1 Å². The maximum Gasteiger partial charge on any atom is 0.124 e. The van der Waals surface area contributed by atoms with E-state index in [-0.39, 0.29) is 6.04 Å². The summed E-state index contributed by atoms with van der Waals surface area (Å²) in [5.74, 6) is 0.874. The molecule has 0 saturated carbocycles. The minimum Gasteiger partial charge on any atom is -0.496 e.